The summed E-state index contributed by atoms with van der Waals surface area (Å²) in [7, 11) is -2.51. The molecule has 0 saturated heterocycles. The van der Waals surface area contributed by atoms with Crippen molar-refractivity contribution in [3.8, 4) is 0 Å². The SMILES string of the molecule is C(=C(c1ccccc1)c1ccccc1)c1ccc([Si](c2ccccc2)(c2ccccc2)c2ccccc2)cc1. The Labute approximate surface area is 232 Å². The minimum Gasteiger partial charge on any atom is -0.0623 e. The van der Waals surface area contributed by atoms with E-state index in [1.807, 2.05) is 0 Å². The zero-order valence-electron chi connectivity index (χ0n) is 21.8. The average Bonchev–Trinajstić information content (AvgIpc) is 3.03. The minimum absolute atomic E-state index is 1.19. The molecule has 0 aliphatic rings. The van der Waals surface area contributed by atoms with Gasteiger partial charge in [-0.2, -0.15) is 0 Å². The van der Waals surface area contributed by atoms with Crippen molar-refractivity contribution < 1.29 is 0 Å². The maximum atomic E-state index is 2.36. The highest BCUT2D eigenvalue weighted by molar-refractivity contribution is 7.19. The van der Waals surface area contributed by atoms with Crippen molar-refractivity contribution in [3.05, 3.63) is 193 Å². The molecule has 0 amide bonds. The van der Waals surface area contributed by atoms with Crippen LogP contribution in [0.25, 0.3) is 11.6 Å². The fraction of sp³-hybridized carbons (Fsp3) is 0. The van der Waals surface area contributed by atoms with E-state index in [0.717, 1.165) is 0 Å². The molecule has 0 radical (unpaired) electrons. The third kappa shape index (κ3) is 4.93. The first kappa shape index (κ1) is 24.6. The first-order chi connectivity index (χ1) is 19.4. The summed E-state index contributed by atoms with van der Waals surface area (Å²) in [5, 5.41) is 5.55. The van der Waals surface area contributed by atoms with Gasteiger partial charge in [-0.3, -0.25) is 0 Å². The first-order valence-corrected chi connectivity index (χ1v) is 15.5. The van der Waals surface area contributed by atoms with E-state index < -0.39 is 8.07 Å². The normalized spacial score (nSPS) is 11.1. The summed E-state index contributed by atoms with van der Waals surface area (Å²) in [6, 6.07) is 63.8. The van der Waals surface area contributed by atoms with E-state index >= 15 is 0 Å². The average molecular weight is 515 g/mol. The molecule has 0 spiro atoms. The molecule has 0 heterocycles. The molecule has 39 heavy (non-hydrogen) atoms. The van der Waals surface area contributed by atoms with E-state index in [2.05, 4.69) is 182 Å². The Morgan fingerprint density at radius 2 is 0.641 bits per heavy atom. The number of rotatable bonds is 7. The van der Waals surface area contributed by atoms with Crippen LogP contribution in [0.2, 0.25) is 0 Å². The highest BCUT2D eigenvalue weighted by Gasteiger charge is 2.41. The van der Waals surface area contributed by atoms with Gasteiger partial charge < -0.3 is 0 Å². The van der Waals surface area contributed by atoms with Crippen LogP contribution in [0.1, 0.15) is 16.7 Å². The van der Waals surface area contributed by atoms with Crippen molar-refractivity contribution in [2.45, 2.75) is 0 Å². The molecule has 0 bridgehead atoms. The zero-order chi connectivity index (χ0) is 26.3. The zero-order valence-corrected chi connectivity index (χ0v) is 22.8. The quantitative estimate of drug-likeness (QED) is 0.127. The van der Waals surface area contributed by atoms with E-state index in [-0.39, 0.29) is 0 Å². The van der Waals surface area contributed by atoms with Crippen LogP contribution < -0.4 is 20.7 Å². The monoisotopic (exact) mass is 514 g/mol. The Morgan fingerprint density at radius 1 is 0.333 bits per heavy atom. The van der Waals surface area contributed by atoms with Gasteiger partial charge in [0.05, 0.1) is 0 Å². The van der Waals surface area contributed by atoms with E-state index in [9.17, 15) is 0 Å². The molecule has 0 aliphatic carbocycles. The molecule has 0 fully saturated rings. The van der Waals surface area contributed by atoms with E-state index in [1.165, 1.54) is 43.0 Å². The summed E-state index contributed by atoms with van der Waals surface area (Å²) in [4.78, 5) is 0. The Hall–Kier alpha value is -4.72. The summed E-state index contributed by atoms with van der Waals surface area (Å²) in [6.07, 6.45) is 2.31. The molecule has 1 heteroatoms. The summed E-state index contributed by atoms with van der Waals surface area (Å²) >= 11 is 0. The van der Waals surface area contributed by atoms with Crippen molar-refractivity contribution in [3.63, 3.8) is 0 Å². The topological polar surface area (TPSA) is 0 Å². The van der Waals surface area contributed by atoms with Gasteiger partial charge in [0.15, 0.2) is 8.07 Å². The number of hydrogen-bond donors (Lipinski definition) is 0. The van der Waals surface area contributed by atoms with E-state index in [1.54, 1.807) is 0 Å². The second-order valence-corrected chi connectivity index (χ2v) is 13.6. The highest BCUT2D eigenvalue weighted by atomic mass is 28.3. The molecular weight excluding hydrogens is 485 g/mol. The van der Waals surface area contributed by atoms with Crippen molar-refractivity contribution in [1.29, 1.82) is 0 Å². The van der Waals surface area contributed by atoms with Gasteiger partial charge in [-0.05, 0) is 49.1 Å². The van der Waals surface area contributed by atoms with Crippen LogP contribution in [-0.2, 0) is 0 Å². The van der Waals surface area contributed by atoms with Crippen molar-refractivity contribution in [1.82, 2.24) is 0 Å². The van der Waals surface area contributed by atoms with Gasteiger partial charge in [0.2, 0.25) is 0 Å². The second kappa shape index (κ2) is 11.3. The lowest BCUT2D eigenvalue weighted by molar-refractivity contribution is 1.55. The smallest absolute Gasteiger partial charge is 0.0623 e. The van der Waals surface area contributed by atoms with Crippen LogP contribution in [0.3, 0.4) is 0 Å². The van der Waals surface area contributed by atoms with Gasteiger partial charge >= 0.3 is 0 Å². The van der Waals surface area contributed by atoms with Crippen LogP contribution in [-0.4, -0.2) is 8.07 Å². The second-order valence-electron chi connectivity index (χ2n) is 9.76. The Kier molecular flexibility index (Phi) is 7.16. The molecule has 6 aromatic rings. The van der Waals surface area contributed by atoms with Gasteiger partial charge in [0, 0.05) is 0 Å². The molecule has 0 N–H and O–H groups in total. The molecular formula is C38H30Si. The van der Waals surface area contributed by atoms with Gasteiger partial charge in [0.25, 0.3) is 0 Å². The minimum atomic E-state index is -2.51. The van der Waals surface area contributed by atoms with Gasteiger partial charge in [-0.1, -0.05) is 176 Å². The third-order valence-corrected chi connectivity index (χ3v) is 12.2. The Balaban J connectivity index is 1.53. The third-order valence-electron chi connectivity index (χ3n) is 7.44. The van der Waals surface area contributed by atoms with Crippen LogP contribution >= 0.6 is 0 Å². The van der Waals surface area contributed by atoms with Gasteiger partial charge in [-0.15, -0.1) is 0 Å². The van der Waals surface area contributed by atoms with Crippen molar-refractivity contribution in [2.24, 2.45) is 0 Å². The molecule has 0 unspecified atom stereocenters. The summed E-state index contributed by atoms with van der Waals surface area (Å²) in [5.41, 5.74) is 4.85. The first-order valence-electron chi connectivity index (χ1n) is 13.5. The predicted octanol–water partition coefficient (Wildman–Crippen LogP) is 6.65. The Morgan fingerprint density at radius 3 is 1.00 bits per heavy atom. The summed E-state index contributed by atoms with van der Waals surface area (Å²) in [5.74, 6) is 0. The van der Waals surface area contributed by atoms with Crippen LogP contribution in [0.5, 0.6) is 0 Å². The molecule has 0 nitrogen and oxygen atoms in total. The van der Waals surface area contributed by atoms with E-state index in [4.69, 9.17) is 0 Å². The summed E-state index contributed by atoms with van der Waals surface area (Å²) < 4.78 is 0. The lowest BCUT2D eigenvalue weighted by Crippen LogP contribution is -2.74. The standard InChI is InChI=1S/C38H30Si/c1-6-16-32(17-7-1)38(33-18-8-2-9-19-33)30-31-26-28-37(29-27-31)39(34-20-10-3-11-21-34,35-22-12-4-13-23-35)36-24-14-5-15-25-36/h1-30H. The molecule has 0 saturated carbocycles. The maximum absolute atomic E-state index is 2.51. The highest BCUT2D eigenvalue weighted by Crippen LogP contribution is 2.26. The van der Waals surface area contributed by atoms with Gasteiger partial charge in [0.1, 0.15) is 0 Å². The molecule has 6 aromatic carbocycles. The molecule has 0 aromatic heterocycles. The maximum Gasteiger partial charge on any atom is 0.179 e. The number of hydrogen-bond acceptors (Lipinski definition) is 0. The van der Waals surface area contributed by atoms with Crippen LogP contribution in [0, 0.1) is 0 Å². The van der Waals surface area contributed by atoms with Crippen molar-refractivity contribution in [2.75, 3.05) is 0 Å². The summed E-state index contributed by atoms with van der Waals surface area (Å²) in [6.45, 7) is 0. The molecule has 0 atom stereocenters. The Bertz CT molecular complexity index is 1500. The predicted molar refractivity (Wildman–Crippen MR) is 170 cm³/mol. The fourth-order valence-electron chi connectivity index (χ4n) is 5.63. The fourth-order valence-corrected chi connectivity index (χ4v) is 10.4. The van der Waals surface area contributed by atoms with Gasteiger partial charge in [-0.25, -0.2) is 0 Å². The number of benzene rings is 6. The molecule has 186 valence electrons. The van der Waals surface area contributed by atoms with Crippen molar-refractivity contribution >= 4 is 40.5 Å². The van der Waals surface area contributed by atoms with Crippen LogP contribution in [0.15, 0.2) is 176 Å². The van der Waals surface area contributed by atoms with Crippen LogP contribution in [0.4, 0.5) is 0 Å². The largest absolute Gasteiger partial charge is 0.179 e. The lowest BCUT2D eigenvalue weighted by Gasteiger charge is -2.34. The molecule has 6 rings (SSSR count). The lowest BCUT2D eigenvalue weighted by atomic mass is 9.96. The molecule has 0 aliphatic heterocycles. The van der Waals surface area contributed by atoms with E-state index in [0.29, 0.717) is 0 Å².